The second-order valence-corrected chi connectivity index (χ2v) is 7.76. The smallest absolute Gasteiger partial charge is 0.417 e. The molecule has 0 saturated heterocycles. The van der Waals surface area contributed by atoms with E-state index >= 15 is 0 Å². The van der Waals surface area contributed by atoms with E-state index < -0.39 is 12.1 Å². The standard InChI is InChI=1S/C26H19ClN2O5/c1-15-23(28-26(32)33-16(2)21-5-3-4-6-22(21)27)24(34-29-15)19-11-7-17(8-12-19)18-9-13-20(14-10-18)25(30)31/h3-14H,2H2,1H3,(H,28,32)(H,30,31). The second kappa shape index (κ2) is 9.64. The van der Waals surface area contributed by atoms with Crippen molar-refractivity contribution >= 4 is 35.1 Å². The molecule has 3 aromatic carbocycles. The summed E-state index contributed by atoms with van der Waals surface area (Å²) in [6.45, 7) is 5.47. The molecule has 8 heteroatoms. The number of nitrogens with one attached hydrogen (secondary N) is 1. The Morgan fingerprint density at radius 3 is 2.18 bits per heavy atom. The third-order valence-corrected chi connectivity index (χ3v) is 5.42. The van der Waals surface area contributed by atoms with Gasteiger partial charge in [-0.05, 0) is 42.3 Å². The van der Waals surface area contributed by atoms with Crippen LogP contribution in [0, 0.1) is 6.92 Å². The predicted octanol–water partition coefficient (Wildman–Crippen LogP) is 6.89. The van der Waals surface area contributed by atoms with Crippen molar-refractivity contribution in [3.8, 4) is 22.5 Å². The summed E-state index contributed by atoms with van der Waals surface area (Å²) in [6, 6.07) is 20.9. The molecule has 4 aromatic rings. The Balaban J connectivity index is 1.51. The Bertz CT molecular complexity index is 1380. The first kappa shape index (κ1) is 22.8. The zero-order valence-electron chi connectivity index (χ0n) is 18.0. The molecule has 1 amide bonds. The zero-order chi connectivity index (χ0) is 24.2. The molecule has 170 valence electrons. The topological polar surface area (TPSA) is 102 Å². The molecule has 4 rings (SSSR count). The van der Waals surface area contributed by atoms with Gasteiger partial charge >= 0.3 is 12.1 Å². The van der Waals surface area contributed by atoms with Gasteiger partial charge in [-0.1, -0.05) is 71.9 Å². The number of anilines is 1. The van der Waals surface area contributed by atoms with E-state index in [1.807, 2.05) is 24.3 Å². The lowest BCUT2D eigenvalue weighted by atomic mass is 10.0. The van der Waals surface area contributed by atoms with E-state index in [2.05, 4.69) is 17.1 Å². The number of carbonyl (C=O) groups is 2. The molecule has 34 heavy (non-hydrogen) atoms. The van der Waals surface area contributed by atoms with Crippen LogP contribution in [0.5, 0.6) is 0 Å². The lowest BCUT2D eigenvalue weighted by Gasteiger charge is -2.10. The van der Waals surface area contributed by atoms with Gasteiger partial charge in [-0.15, -0.1) is 0 Å². The van der Waals surface area contributed by atoms with Gasteiger partial charge in [0, 0.05) is 11.1 Å². The fraction of sp³-hybridized carbons (Fsp3) is 0.0385. The van der Waals surface area contributed by atoms with Gasteiger partial charge < -0.3 is 14.4 Å². The largest absolute Gasteiger partial charge is 0.478 e. The van der Waals surface area contributed by atoms with Crippen LogP contribution in [0.25, 0.3) is 28.2 Å². The number of carbonyl (C=O) groups excluding carboxylic acids is 1. The SMILES string of the molecule is C=C(OC(=O)Nc1c(C)noc1-c1ccc(-c2ccc(C(=O)O)cc2)cc1)c1ccccc1Cl. The van der Waals surface area contributed by atoms with E-state index in [1.54, 1.807) is 55.5 Å². The van der Waals surface area contributed by atoms with Crippen LogP contribution in [0.3, 0.4) is 0 Å². The van der Waals surface area contributed by atoms with E-state index in [1.165, 1.54) is 0 Å². The van der Waals surface area contributed by atoms with Crippen molar-refractivity contribution < 1.29 is 24.0 Å². The quantitative estimate of drug-likeness (QED) is 0.295. The third-order valence-electron chi connectivity index (χ3n) is 5.09. The van der Waals surface area contributed by atoms with Crippen LogP contribution in [0.2, 0.25) is 5.02 Å². The zero-order valence-corrected chi connectivity index (χ0v) is 18.8. The number of benzene rings is 3. The number of ether oxygens (including phenoxy) is 1. The molecule has 0 aliphatic heterocycles. The number of hydrogen-bond donors (Lipinski definition) is 2. The molecule has 0 saturated carbocycles. The summed E-state index contributed by atoms with van der Waals surface area (Å²) >= 11 is 6.13. The number of rotatable bonds is 6. The van der Waals surface area contributed by atoms with E-state index in [0.29, 0.717) is 33.3 Å². The number of carboxylic acids is 1. The predicted molar refractivity (Wildman–Crippen MR) is 130 cm³/mol. The average Bonchev–Trinajstić information content (AvgIpc) is 3.19. The number of carboxylic acid groups (broad SMARTS) is 1. The highest BCUT2D eigenvalue weighted by Gasteiger charge is 2.19. The molecule has 0 spiro atoms. The van der Waals surface area contributed by atoms with Crippen molar-refractivity contribution in [1.29, 1.82) is 0 Å². The van der Waals surface area contributed by atoms with Crippen LogP contribution < -0.4 is 5.32 Å². The Labute approximate surface area is 200 Å². The highest BCUT2D eigenvalue weighted by atomic mass is 35.5. The molecular formula is C26H19ClN2O5. The Morgan fingerprint density at radius 1 is 0.971 bits per heavy atom. The van der Waals surface area contributed by atoms with E-state index in [0.717, 1.165) is 11.1 Å². The summed E-state index contributed by atoms with van der Waals surface area (Å²) < 4.78 is 10.7. The summed E-state index contributed by atoms with van der Waals surface area (Å²) in [5.74, 6) is -0.501. The van der Waals surface area contributed by atoms with Crippen LogP contribution >= 0.6 is 11.6 Å². The van der Waals surface area contributed by atoms with Crippen molar-refractivity contribution in [2.45, 2.75) is 6.92 Å². The van der Waals surface area contributed by atoms with Crippen LogP contribution in [0.1, 0.15) is 21.6 Å². The highest BCUT2D eigenvalue weighted by molar-refractivity contribution is 6.32. The molecule has 7 nitrogen and oxygen atoms in total. The van der Waals surface area contributed by atoms with Gasteiger partial charge in [0.25, 0.3) is 0 Å². The minimum Gasteiger partial charge on any atom is -0.478 e. The normalized spacial score (nSPS) is 10.5. The fourth-order valence-electron chi connectivity index (χ4n) is 3.32. The molecule has 0 aliphatic carbocycles. The molecular weight excluding hydrogens is 456 g/mol. The van der Waals surface area contributed by atoms with Gasteiger partial charge in [-0.3, -0.25) is 5.32 Å². The lowest BCUT2D eigenvalue weighted by molar-refractivity contribution is 0.0697. The van der Waals surface area contributed by atoms with Crippen molar-refractivity contribution in [2.75, 3.05) is 5.32 Å². The van der Waals surface area contributed by atoms with E-state index in [-0.39, 0.29) is 11.3 Å². The van der Waals surface area contributed by atoms with Crippen molar-refractivity contribution in [2.24, 2.45) is 0 Å². The number of aromatic nitrogens is 1. The van der Waals surface area contributed by atoms with E-state index in [4.69, 9.17) is 26.0 Å². The minimum absolute atomic E-state index is 0.108. The van der Waals surface area contributed by atoms with Gasteiger partial charge in [-0.2, -0.15) is 0 Å². The molecule has 0 radical (unpaired) electrons. The Kier molecular flexibility index (Phi) is 6.47. The molecule has 0 atom stereocenters. The first-order valence-electron chi connectivity index (χ1n) is 10.2. The number of nitrogens with zero attached hydrogens (tertiary/aromatic N) is 1. The van der Waals surface area contributed by atoms with Crippen molar-refractivity contribution in [3.05, 3.63) is 101 Å². The monoisotopic (exact) mass is 474 g/mol. The van der Waals surface area contributed by atoms with Crippen LogP contribution in [0.4, 0.5) is 10.5 Å². The summed E-state index contributed by atoms with van der Waals surface area (Å²) in [4.78, 5) is 23.5. The molecule has 0 aliphatic rings. The fourth-order valence-corrected chi connectivity index (χ4v) is 3.56. The molecule has 0 fully saturated rings. The number of amides is 1. The maximum absolute atomic E-state index is 12.5. The van der Waals surface area contributed by atoms with Crippen LogP contribution in [0.15, 0.2) is 83.9 Å². The van der Waals surface area contributed by atoms with Gasteiger partial charge in [0.2, 0.25) is 0 Å². The molecule has 0 bridgehead atoms. The maximum atomic E-state index is 12.5. The minimum atomic E-state index is -0.975. The van der Waals surface area contributed by atoms with Gasteiger partial charge in [-0.25, -0.2) is 9.59 Å². The maximum Gasteiger partial charge on any atom is 0.417 e. The highest BCUT2D eigenvalue weighted by Crippen LogP contribution is 2.33. The summed E-state index contributed by atoms with van der Waals surface area (Å²) in [6.07, 6.45) is -0.757. The number of aromatic carboxylic acids is 1. The average molecular weight is 475 g/mol. The summed E-state index contributed by atoms with van der Waals surface area (Å²) in [5.41, 5.74) is 4.02. The van der Waals surface area contributed by atoms with E-state index in [9.17, 15) is 9.59 Å². The summed E-state index contributed by atoms with van der Waals surface area (Å²) in [5, 5.41) is 16.1. The molecule has 1 aromatic heterocycles. The molecule has 2 N–H and O–H groups in total. The van der Waals surface area contributed by atoms with Gasteiger partial charge in [0.05, 0.1) is 10.6 Å². The lowest BCUT2D eigenvalue weighted by Crippen LogP contribution is -2.13. The number of hydrogen-bond acceptors (Lipinski definition) is 5. The molecule has 1 heterocycles. The van der Waals surface area contributed by atoms with Crippen LogP contribution in [-0.2, 0) is 4.74 Å². The van der Waals surface area contributed by atoms with Gasteiger partial charge in [0.15, 0.2) is 5.76 Å². The van der Waals surface area contributed by atoms with Crippen molar-refractivity contribution in [1.82, 2.24) is 5.16 Å². The molecule has 0 unspecified atom stereocenters. The van der Waals surface area contributed by atoms with Crippen LogP contribution in [-0.4, -0.2) is 22.3 Å². The third kappa shape index (κ3) is 4.84. The van der Waals surface area contributed by atoms with Gasteiger partial charge in [0.1, 0.15) is 17.1 Å². The summed E-state index contributed by atoms with van der Waals surface area (Å²) in [7, 11) is 0. The Morgan fingerprint density at radius 2 is 1.56 bits per heavy atom. The number of halogens is 1. The second-order valence-electron chi connectivity index (χ2n) is 7.35. The van der Waals surface area contributed by atoms with Crippen molar-refractivity contribution in [3.63, 3.8) is 0 Å². The Hall–Kier alpha value is -4.36. The first-order chi connectivity index (χ1) is 16.3. The first-order valence-corrected chi connectivity index (χ1v) is 10.5. The number of aryl methyl sites for hydroxylation is 1.